The van der Waals surface area contributed by atoms with E-state index < -0.39 is 0 Å². The number of benzene rings is 2. The molecule has 2 aliphatic rings. The van der Waals surface area contributed by atoms with E-state index in [0.717, 1.165) is 48.4 Å². The Morgan fingerprint density at radius 2 is 1.74 bits per heavy atom. The second kappa shape index (κ2) is 8.11. The lowest BCUT2D eigenvalue weighted by molar-refractivity contribution is 0.366. The Kier molecular flexibility index (Phi) is 5.01. The van der Waals surface area contributed by atoms with E-state index in [-0.39, 0.29) is 5.92 Å². The fraction of sp³-hybridized carbons (Fsp3) is 0.240. The number of hydrogen-bond acceptors (Lipinski definition) is 4. The van der Waals surface area contributed by atoms with Crippen molar-refractivity contribution in [2.24, 2.45) is 4.99 Å². The standard InChI is InChI=1S/C25H23N5O/c1-18-22-23(19-10-4-2-5-11-19)21(16-26)24(27-17-29-14-8-9-15-29)31-25(22)30(28-18)20-12-6-3-7-13-20/h2-7,10-13,17,23H,8-9,14-15H2,1H3. The van der Waals surface area contributed by atoms with Gasteiger partial charge in [-0.15, -0.1) is 0 Å². The monoisotopic (exact) mass is 409 g/mol. The number of ether oxygens (including phenoxy) is 1. The van der Waals surface area contributed by atoms with Crippen LogP contribution in [0.2, 0.25) is 0 Å². The molecule has 31 heavy (non-hydrogen) atoms. The highest BCUT2D eigenvalue weighted by atomic mass is 16.5. The van der Waals surface area contributed by atoms with Crippen LogP contribution in [0.3, 0.4) is 0 Å². The number of rotatable bonds is 4. The van der Waals surface area contributed by atoms with Gasteiger partial charge in [0.15, 0.2) is 0 Å². The van der Waals surface area contributed by atoms with Crippen molar-refractivity contribution < 1.29 is 4.74 Å². The van der Waals surface area contributed by atoms with Gasteiger partial charge >= 0.3 is 0 Å². The summed E-state index contributed by atoms with van der Waals surface area (Å²) in [5, 5.41) is 14.9. The summed E-state index contributed by atoms with van der Waals surface area (Å²) in [4.78, 5) is 6.80. The highest BCUT2D eigenvalue weighted by molar-refractivity contribution is 5.61. The highest BCUT2D eigenvalue weighted by Crippen LogP contribution is 2.45. The number of aliphatic imine (C=N–C) groups is 1. The fourth-order valence-corrected chi connectivity index (χ4v) is 4.29. The Morgan fingerprint density at radius 3 is 2.42 bits per heavy atom. The van der Waals surface area contributed by atoms with E-state index in [1.807, 2.05) is 73.9 Å². The molecule has 1 fully saturated rings. The molecule has 0 aliphatic carbocycles. The van der Waals surface area contributed by atoms with Crippen molar-refractivity contribution in [3.63, 3.8) is 0 Å². The first-order valence-corrected chi connectivity index (χ1v) is 10.6. The predicted octanol–water partition coefficient (Wildman–Crippen LogP) is 4.56. The number of aromatic nitrogens is 2. The minimum absolute atomic E-state index is 0.279. The number of nitriles is 1. The molecule has 154 valence electrons. The zero-order valence-electron chi connectivity index (χ0n) is 17.4. The highest BCUT2D eigenvalue weighted by Gasteiger charge is 2.36. The van der Waals surface area contributed by atoms with Gasteiger partial charge in [0.05, 0.1) is 29.2 Å². The van der Waals surface area contributed by atoms with E-state index in [2.05, 4.69) is 16.0 Å². The summed E-state index contributed by atoms with van der Waals surface area (Å²) >= 11 is 0. The minimum Gasteiger partial charge on any atom is -0.419 e. The molecular formula is C25H23N5O. The number of nitrogens with zero attached hydrogens (tertiary/aromatic N) is 5. The van der Waals surface area contributed by atoms with Crippen LogP contribution in [-0.4, -0.2) is 34.1 Å². The third kappa shape index (κ3) is 3.49. The lowest BCUT2D eigenvalue weighted by Gasteiger charge is -2.25. The Balaban J connectivity index is 1.68. The van der Waals surface area contributed by atoms with Gasteiger partial charge in [-0.1, -0.05) is 48.5 Å². The van der Waals surface area contributed by atoms with Crippen molar-refractivity contribution in [1.29, 1.82) is 5.26 Å². The van der Waals surface area contributed by atoms with E-state index in [0.29, 0.717) is 17.3 Å². The van der Waals surface area contributed by atoms with Crippen LogP contribution in [-0.2, 0) is 0 Å². The number of fused-ring (bicyclic) bond motifs is 1. The maximum Gasteiger partial charge on any atom is 0.237 e. The molecule has 0 radical (unpaired) electrons. The third-order valence-electron chi connectivity index (χ3n) is 5.80. The molecule has 1 saturated heterocycles. The molecule has 2 aliphatic heterocycles. The molecule has 5 rings (SSSR count). The van der Waals surface area contributed by atoms with E-state index in [1.54, 1.807) is 4.68 Å². The second-order valence-electron chi connectivity index (χ2n) is 7.82. The summed E-state index contributed by atoms with van der Waals surface area (Å²) in [5.41, 5.74) is 4.18. The smallest absolute Gasteiger partial charge is 0.237 e. The zero-order valence-corrected chi connectivity index (χ0v) is 17.4. The lowest BCUT2D eigenvalue weighted by Crippen LogP contribution is -2.20. The van der Waals surface area contributed by atoms with Crippen LogP contribution >= 0.6 is 0 Å². The summed E-state index contributed by atoms with van der Waals surface area (Å²) in [7, 11) is 0. The van der Waals surface area contributed by atoms with Gasteiger partial charge in [-0.05, 0) is 37.5 Å². The number of para-hydroxylation sites is 1. The minimum atomic E-state index is -0.279. The van der Waals surface area contributed by atoms with Crippen LogP contribution in [0, 0.1) is 18.3 Å². The molecule has 0 amide bonds. The topological polar surface area (TPSA) is 66.4 Å². The second-order valence-corrected chi connectivity index (χ2v) is 7.82. The number of allylic oxidation sites excluding steroid dienone is 1. The Hall–Kier alpha value is -3.85. The Bertz CT molecular complexity index is 1180. The number of likely N-dealkylation sites (tertiary alicyclic amines) is 1. The molecule has 1 atom stereocenters. The molecule has 6 nitrogen and oxygen atoms in total. The van der Waals surface area contributed by atoms with Gasteiger partial charge in [0, 0.05) is 13.1 Å². The summed E-state index contributed by atoms with van der Waals surface area (Å²) in [5.74, 6) is 0.677. The first-order valence-electron chi connectivity index (χ1n) is 10.6. The van der Waals surface area contributed by atoms with Crippen LogP contribution < -0.4 is 4.74 Å². The molecule has 1 aromatic heterocycles. The predicted molar refractivity (Wildman–Crippen MR) is 119 cm³/mol. The zero-order chi connectivity index (χ0) is 21.2. The molecule has 6 heteroatoms. The van der Waals surface area contributed by atoms with Gasteiger partial charge in [-0.25, -0.2) is 9.67 Å². The number of aryl methyl sites for hydroxylation is 1. The first kappa shape index (κ1) is 19.1. The fourth-order valence-electron chi connectivity index (χ4n) is 4.29. The van der Waals surface area contributed by atoms with Gasteiger partial charge in [0.1, 0.15) is 11.6 Å². The van der Waals surface area contributed by atoms with Crippen molar-refractivity contribution in [3.8, 4) is 17.6 Å². The summed E-state index contributed by atoms with van der Waals surface area (Å²) in [6.45, 7) is 3.92. The van der Waals surface area contributed by atoms with Crippen LogP contribution in [0.4, 0.5) is 0 Å². The summed E-state index contributed by atoms with van der Waals surface area (Å²) in [6, 6.07) is 22.3. The van der Waals surface area contributed by atoms with Gasteiger partial charge in [0.25, 0.3) is 0 Å². The molecule has 0 bridgehead atoms. The molecular weight excluding hydrogens is 386 g/mol. The van der Waals surface area contributed by atoms with Crippen molar-refractivity contribution in [2.75, 3.05) is 13.1 Å². The molecule has 1 unspecified atom stereocenters. The van der Waals surface area contributed by atoms with E-state index >= 15 is 0 Å². The summed E-state index contributed by atoms with van der Waals surface area (Å²) < 4.78 is 8.09. The van der Waals surface area contributed by atoms with E-state index in [9.17, 15) is 5.26 Å². The maximum absolute atomic E-state index is 10.1. The maximum atomic E-state index is 10.1. The third-order valence-corrected chi connectivity index (χ3v) is 5.80. The molecule has 2 aromatic carbocycles. The van der Waals surface area contributed by atoms with Crippen molar-refractivity contribution in [3.05, 3.63) is 88.9 Å². The first-order chi connectivity index (χ1) is 15.3. The molecule has 0 spiro atoms. The van der Waals surface area contributed by atoms with Gasteiger partial charge in [0.2, 0.25) is 11.8 Å². The summed E-state index contributed by atoms with van der Waals surface area (Å²) in [6.07, 6.45) is 4.13. The lowest BCUT2D eigenvalue weighted by atomic mass is 9.84. The van der Waals surface area contributed by atoms with Gasteiger partial charge < -0.3 is 9.64 Å². The van der Waals surface area contributed by atoms with Gasteiger partial charge in [-0.3, -0.25) is 0 Å². The van der Waals surface area contributed by atoms with E-state index in [4.69, 9.17) is 9.84 Å². The van der Waals surface area contributed by atoms with Crippen molar-refractivity contribution in [1.82, 2.24) is 14.7 Å². The Morgan fingerprint density at radius 1 is 1.06 bits per heavy atom. The van der Waals surface area contributed by atoms with Crippen LogP contribution in [0.1, 0.15) is 35.6 Å². The average molecular weight is 409 g/mol. The van der Waals surface area contributed by atoms with Crippen molar-refractivity contribution in [2.45, 2.75) is 25.7 Å². The van der Waals surface area contributed by atoms with Crippen molar-refractivity contribution >= 4 is 6.34 Å². The molecule has 3 aromatic rings. The van der Waals surface area contributed by atoms with Crippen LogP contribution in [0.15, 0.2) is 77.1 Å². The largest absolute Gasteiger partial charge is 0.419 e. The molecule has 0 N–H and O–H groups in total. The van der Waals surface area contributed by atoms with E-state index in [1.165, 1.54) is 0 Å². The normalized spacial score (nSPS) is 18.2. The molecule has 3 heterocycles. The van der Waals surface area contributed by atoms with Gasteiger partial charge in [-0.2, -0.15) is 10.4 Å². The van der Waals surface area contributed by atoms with Crippen LogP contribution in [0.25, 0.3) is 5.69 Å². The Labute approximate surface area is 181 Å². The van der Waals surface area contributed by atoms with Crippen LogP contribution in [0.5, 0.6) is 5.88 Å². The quantitative estimate of drug-likeness (QED) is 0.468. The molecule has 0 saturated carbocycles. The number of hydrogen-bond donors (Lipinski definition) is 0. The average Bonchev–Trinajstić information content (AvgIpc) is 3.46. The SMILES string of the molecule is Cc1nn(-c2ccccc2)c2c1C(c1ccccc1)C(C#N)=C(N=CN1CCCC1)O2.